The van der Waals surface area contributed by atoms with E-state index in [4.69, 9.17) is 9.57 Å². The lowest BCUT2D eigenvalue weighted by molar-refractivity contribution is -0.625. The molecule has 0 saturated carbocycles. The van der Waals surface area contributed by atoms with E-state index in [2.05, 4.69) is 10.7 Å². The van der Waals surface area contributed by atoms with Gasteiger partial charge in [0.2, 0.25) is 11.4 Å². The van der Waals surface area contributed by atoms with Gasteiger partial charge < -0.3 is 19.7 Å². The molecule has 2 rings (SSSR count). The van der Waals surface area contributed by atoms with Gasteiger partial charge in [-0.15, -0.1) is 0 Å². The number of hydrogen-bond acceptors (Lipinski definition) is 5. The summed E-state index contributed by atoms with van der Waals surface area (Å²) in [7, 11) is 1.57. The van der Waals surface area contributed by atoms with E-state index in [1.165, 1.54) is 0 Å². The Kier molecular flexibility index (Phi) is 4.92. The normalized spacial score (nSPS) is 19.0. The summed E-state index contributed by atoms with van der Waals surface area (Å²) < 4.78 is 5.16. The maximum atomic E-state index is 12.4. The van der Waals surface area contributed by atoms with E-state index in [1.54, 1.807) is 24.1 Å². The summed E-state index contributed by atoms with van der Waals surface area (Å²) in [6, 6.07) is 7.22. The lowest BCUT2D eigenvalue weighted by Crippen LogP contribution is -2.41. The van der Waals surface area contributed by atoms with Crippen LogP contribution in [0.1, 0.15) is 27.2 Å². The van der Waals surface area contributed by atoms with Gasteiger partial charge in [-0.25, -0.2) is 0 Å². The summed E-state index contributed by atoms with van der Waals surface area (Å²) in [6.45, 7) is 5.95. The van der Waals surface area contributed by atoms with Crippen molar-refractivity contribution in [2.24, 2.45) is 5.28 Å². The van der Waals surface area contributed by atoms with Crippen molar-refractivity contribution in [3.8, 4) is 5.75 Å². The molecule has 1 amide bonds. The minimum Gasteiger partial charge on any atom is -0.569 e. The van der Waals surface area contributed by atoms with Crippen LogP contribution in [0.3, 0.4) is 0 Å². The zero-order valence-corrected chi connectivity index (χ0v) is 13.8. The summed E-state index contributed by atoms with van der Waals surface area (Å²) in [5.41, 5.74) is 2.85. The van der Waals surface area contributed by atoms with Crippen LogP contribution in [-0.4, -0.2) is 36.2 Å². The predicted molar refractivity (Wildman–Crippen MR) is 83.8 cm³/mol. The number of benzene rings is 1. The number of ether oxygens (including phenoxy) is 1. The van der Waals surface area contributed by atoms with E-state index < -0.39 is 11.6 Å². The number of carbonyl (C=O) groups is 1. The first-order valence-corrected chi connectivity index (χ1v) is 7.37. The molecule has 1 aromatic carbocycles. The van der Waals surface area contributed by atoms with Crippen LogP contribution in [0.25, 0.3) is 0 Å². The Morgan fingerprint density at radius 3 is 2.83 bits per heavy atom. The van der Waals surface area contributed by atoms with Crippen molar-refractivity contribution in [2.45, 2.75) is 38.8 Å². The summed E-state index contributed by atoms with van der Waals surface area (Å²) in [5.74, 6) is 0.440. The van der Waals surface area contributed by atoms with Gasteiger partial charge in [0.25, 0.3) is 5.91 Å². The molecule has 0 aliphatic carbocycles. The Morgan fingerprint density at radius 2 is 2.17 bits per heavy atom. The second-order valence-corrected chi connectivity index (χ2v) is 6.29. The smallest absolute Gasteiger partial charge is 0.271 e. The molecule has 1 saturated heterocycles. The van der Waals surface area contributed by atoms with Gasteiger partial charge >= 0.3 is 0 Å². The zero-order valence-electron chi connectivity index (χ0n) is 13.8. The third kappa shape index (κ3) is 4.48. The van der Waals surface area contributed by atoms with Gasteiger partial charge in [-0.2, -0.15) is 5.43 Å². The molecule has 8 heteroatoms. The molecule has 1 atom stereocenters. The first kappa shape index (κ1) is 16.9. The van der Waals surface area contributed by atoms with E-state index in [1.807, 2.05) is 32.9 Å². The third-order valence-corrected chi connectivity index (χ3v) is 3.20. The van der Waals surface area contributed by atoms with Crippen molar-refractivity contribution < 1.29 is 19.3 Å². The van der Waals surface area contributed by atoms with Crippen LogP contribution >= 0.6 is 0 Å². The van der Waals surface area contributed by atoms with Crippen molar-refractivity contribution in [1.82, 2.24) is 5.43 Å². The van der Waals surface area contributed by atoms with Crippen molar-refractivity contribution >= 4 is 11.6 Å². The number of nitrogens with one attached hydrogen (secondary N) is 1. The number of anilines is 1. The van der Waals surface area contributed by atoms with Crippen LogP contribution < -0.4 is 15.1 Å². The summed E-state index contributed by atoms with van der Waals surface area (Å²) >= 11 is 0. The molecule has 126 valence electrons. The van der Waals surface area contributed by atoms with Crippen molar-refractivity contribution in [3.05, 3.63) is 29.5 Å². The molecule has 1 aromatic rings. The van der Waals surface area contributed by atoms with Gasteiger partial charge in [0, 0.05) is 24.7 Å². The second-order valence-electron chi connectivity index (χ2n) is 6.29. The van der Waals surface area contributed by atoms with E-state index >= 15 is 0 Å². The van der Waals surface area contributed by atoms with Crippen LogP contribution in [0, 0.1) is 5.21 Å². The highest BCUT2D eigenvalue weighted by atomic mass is 16.7. The first-order chi connectivity index (χ1) is 10.8. The van der Waals surface area contributed by atoms with Crippen LogP contribution in [-0.2, 0) is 9.63 Å². The SMILES string of the molecule is COc1cccc(N2CC[C@@H](O/N=[N+](\[O-])NC(C)(C)C)C2=O)c1. The molecule has 1 N–H and O–H groups in total. The average Bonchev–Trinajstić information content (AvgIpc) is 2.84. The standard InChI is InChI=1S/C15H22N4O4/c1-15(2,3)16-19(21)17-23-13-8-9-18(14(13)20)11-6-5-7-12(10-11)22-4/h5-7,10,13H,8-9H2,1-4H3,(H,16,17)/t13-/m1/s1. The first-order valence-electron chi connectivity index (χ1n) is 7.37. The molecule has 0 radical (unpaired) electrons. The number of carbonyl (C=O) groups excluding carboxylic acids is 1. The lowest BCUT2D eigenvalue weighted by Gasteiger charge is -2.17. The topological polar surface area (TPSA) is 89.2 Å². The molecule has 0 spiro atoms. The van der Waals surface area contributed by atoms with Crippen LogP contribution in [0.5, 0.6) is 5.75 Å². The molecular weight excluding hydrogens is 300 g/mol. The highest BCUT2D eigenvalue weighted by Gasteiger charge is 2.35. The Hall–Kier alpha value is -2.51. The van der Waals surface area contributed by atoms with E-state index in [9.17, 15) is 10.0 Å². The fourth-order valence-electron chi connectivity index (χ4n) is 2.19. The summed E-state index contributed by atoms with van der Waals surface area (Å²) in [5, 5.41) is 14.9. The molecule has 1 heterocycles. The zero-order chi connectivity index (χ0) is 17.0. The van der Waals surface area contributed by atoms with E-state index in [0.29, 0.717) is 18.7 Å². The summed E-state index contributed by atoms with van der Waals surface area (Å²) in [6.07, 6.45) is -0.303. The van der Waals surface area contributed by atoms with Crippen molar-refractivity contribution in [1.29, 1.82) is 0 Å². The predicted octanol–water partition coefficient (Wildman–Crippen LogP) is 2.00. The molecule has 1 fully saturated rings. The van der Waals surface area contributed by atoms with Crippen LogP contribution in [0.15, 0.2) is 29.5 Å². The van der Waals surface area contributed by atoms with Crippen LogP contribution in [0.4, 0.5) is 5.69 Å². The maximum Gasteiger partial charge on any atom is 0.271 e. The van der Waals surface area contributed by atoms with Crippen LogP contribution in [0.2, 0.25) is 0 Å². The van der Waals surface area contributed by atoms with Gasteiger partial charge in [0.15, 0.2) is 0 Å². The number of nitrogens with zero attached hydrogens (tertiary/aromatic N) is 3. The van der Waals surface area contributed by atoms with E-state index in [0.717, 1.165) is 5.69 Å². The minimum absolute atomic E-state index is 0.230. The molecule has 0 unspecified atom stereocenters. The lowest BCUT2D eigenvalue weighted by atomic mass is 10.1. The molecule has 8 nitrogen and oxygen atoms in total. The number of amides is 1. The average molecular weight is 322 g/mol. The Bertz CT molecular complexity index is 597. The fourth-order valence-corrected chi connectivity index (χ4v) is 2.19. The molecule has 0 bridgehead atoms. The third-order valence-electron chi connectivity index (χ3n) is 3.20. The quantitative estimate of drug-likeness (QED) is 0.509. The monoisotopic (exact) mass is 322 g/mol. The second kappa shape index (κ2) is 6.72. The van der Waals surface area contributed by atoms with Gasteiger partial charge in [-0.1, -0.05) is 6.07 Å². The number of rotatable bonds is 5. The molecule has 1 aliphatic rings. The molecule has 0 aromatic heterocycles. The fraction of sp³-hybridized carbons (Fsp3) is 0.533. The summed E-state index contributed by atoms with van der Waals surface area (Å²) in [4.78, 5) is 19.3. The van der Waals surface area contributed by atoms with Gasteiger partial charge in [0.1, 0.15) is 5.75 Å². The number of hydrogen-bond donors (Lipinski definition) is 1. The van der Waals surface area contributed by atoms with Gasteiger partial charge in [0.05, 0.1) is 17.6 Å². The Balaban J connectivity index is 2.00. The Morgan fingerprint density at radius 1 is 1.43 bits per heavy atom. The highest BCUT2D eigenvalue weighted by molar-refractivity contribution is 5.98. The Labute approximate surface area is 135 Å². The van der Waals surface area contributed by atoms with Crippen molar-refractivity contribution in [2.75, 3.05) is 18.6 Å². The largest absolute Gasteiger partial charge is 0.569 e. The number of methoxy groups -OCH3 is 1. The van der Waals surface area contributed by atoms with E-state index in [-0.39, 0.29) is 10.9 Å². The molecular formula is C15H22N4O4. The maximum absolute atomic E-state index is 12.4. The highest BCUT2D eigenvalue weighted by Crippen LogP contribution is 2.26. The molecule has 1 aliphatic heterocycles. The van der Waals surface area contributed by atoms with Crippen molar-refractivity contribution in [3.63, 3.8) is 0 Å². The molecule has 23 heavy (non-hydrogen) atoms. The van der Waals surface area contributed by atoms with Gasteiger partial charge in [-0.3, -0.25) is 4.79 Å². The minimum atomic E-state index is -0.764. The number of hydrazine groups is 1. The van der Waals surface area contributed by atoms with Gasteiger partial charge in [-0.05, 0) is 32.9 Å².